The topological polar surface area (TPSA) is 51.2 Å². The molecule has 0 aliphatic heterocycles. The fraction of sp³-hybridized carbons (Fsp3) is 0.158. The summed E-state index contributed by atoms with van der Waals surface area (Å²) in [5.41, 5.74) is 3.41. The second-order valence-corrected chi connectivity index (χ2v) is 7.25. The van der Waals surface area contributed by atoms with Crippen LogP contribution in [0.1, 0.15) is 24.3 Å². The van der Waals surface area contributed by atoms with Gasteiger partial charge in [-0.3, -0.25) is 5.32 Å². The summed E-state index contributed by atoms with van der Waals surface area (Å²) in [7, 11) is 0. The Kier molecular flexibility index (Phi) is 5.50. The molecule has 1 amide bonds. The van der Waals surface area contributed by atoms with Gasteiger partial charge < -0.3 is 4.74 Å². The van der Waals surface area contributed by atoms with E-state index in [-0.39, 0.29) is 6.10 Å². The number of amides is 1. The van der Waals surface area contributed by atoms with Crippen LogP contribution in [0.2, 0.25) is 0 Å². The largest absolute Gasteiger partial charge is 0.441 e. The van der Waals surface area contributed by atoms with Crippen molar-refractivity contribution < 1.29 is 9.53 Å². The highest BCUT2D eigenvalue weighted by molar-refractivity contribution is 9.10. The molecule has 1 atom stereocenters. The van der Waals surface area contributed by atoms with Gasteiger partial charge in [0, 0.05) is 4.47 Å². The number of ether oxygens (including phenoxy) is 1. The number of benzene rings is 2. The molecule has 3 aromatic rings. The third kappa shape index (κ3) is 4.27. The molecule has 25 heavy (non-hydrogen) atoms. The lowest BCUT2D eigenvalue weighted by atomic mass is 10.1. The number of hydrogen-bond acceptors (Lipinski definition) is 4. The van der Waals surface area contributed by atoms with Gasteiger partial charge in [0.25, 0.3) is 0 Å². The lowest BCUT2D eigenvalue weighted by Crippen LogP contribution is -2.16. The fourth-order valence-electron chi connectivity index (χ4n) is 2.40. The molecule has 0 saturated heterocycles. The Morgan fingerprint density at radius 1 is 1.16 bits per heavy atom. The first kappa shape index (κ1) is 17.6. The zero-order chi connectivity index (χ0) is 17.8. The van der Waals surface area contributed by atoms with Crippen LogP contribution in [-0.4, -0.2) is 10.5 Å². The second kappa shape index (κ2) is 7.80. The van der Waals surface area contributed by atoms with Gasteiger partial charge in [-0.2, -0.15) is 4.37 Å². The minimum absolute atomic E-state index is 0.329. The first-order chi connectivity index (χ1) is 12.0. The molecule has 0 spiro atoms. The summed E-state index contributed by atoms with van der Waals surface area (Å²) in [4.78, 5) is 13.2. The molecular weight excluding hydrogens is 400 g/mol. The normalized spacial score (nSPS) is 11.8. The molecule has 1 aromatic heterocycles. The number of aryl methyl sites for hydroxylation is 1. The van der Waals surface area contributed by atoms with Gasteiger partial charge >= 0.3 is 6.09 Å². The Bertz CT molecular complexity index is 863. The van der Waals surface area contributed by atoms with Crippen molar-refractivity contribution >= 4 is 39.2 Å². The number of halogens is 1. The maximum Gasteiger partial charge on any atom is 0.412 e. The summed E-state index contributed by atoms with van der Waals surface area (Å²) in [6.07, 6.45) is -0.817. The first-order valence-corrected chi connectivity index (χ1v) is 9.36. The van der Waals surface area contributed by atoms with E-state index in [0.29, 0.717) is 5.69 Å². The highest BCUT2D eigenvalue weighted by Gasteiger charge is 2.18. The van der Waals surface area contributed by atoms with Crippen LogP contribution in [0.4, 0.5) is 10.5 Å². The first-order valence-electron chi connectivity index (χ1n) is 7.79. The minimum atomic E-state index is -0.488. The molecule has 6 heteroatoms. The van der Waals surface area contributed by atoms with Crippen molar-refractivity contribution in [2.75, 3.05) is 5.32 Å². The predicted molar refractivity (Wildman–Crippen MR) is 105 cm³/mol. The molecule has 2 aromatic carbocycles. The average Bonchev–Trinajstić information content (AvgIpc) is 2.97. The Morgan fingerprint density at radius 3 is 2.52 bits per heavy atom. The number of nitrogens with one attached hydrogen (secondary N) is 1. The van der Waals surface area contributed by atoms with Gasteiger partial charge in [-0.05, 0) is 48.6 Å². The number of carbonyl (C=O) groups is 1. The molecule has 0 fully saturated rings. The van der Waals surface area contributed by atoms with Gasteiger partial charge in [0.1, 0.15) is 6.10 Å². The van der Waals surface area contributed by atoms with Gasteiger partial charge in [-0.25, -0.2) is 4.79 Å². The van der Waals surface area contributed by atoms with E-state index >= 15 is 0 Å². The molecule has 0 aliphatic carbocycles. The third-order valence-corrected chi connectivity index (χ3v) is 5.27. The fourth-order valence-corrected chi connectivity index (χ4v) is 3.51. The van der Waals surface area contributed by atoms with Crippen LogP contribution < -0.4 is 5.32 Å². The van der Waals surface area contributed by atoms with E-state index < -0.39 is 6.09 Å². The van der Waals surface area contributed by atoms with E-state index in [1.54, 1.807) is 0 Å². The van der Waals surface area contributed by atoms with Crippen molar-refractivity contribution in [3.63, 3.8) is 0 Å². The van der Waals surface area contributed by atoms with Gasteiger partial charge in [0.2, 0.25) is 0 Å². The summed E-state index contributed by atoms with van der Waals surface area (Å²) in [5.74, 6) is 0. The molecule has 4 nitrogen and oxygen atoms in total. The molecule has 128 valence electrons. The molecule has 0 saturated carbocycles. The van der Waals surface area contributed by atoms with Crippen molar-refractivity contribution in [3.05, 3.63) is 70.3 Å². The van der Waals surface area contributed by atoms with Gasteiger partial charge in [-0.1, -0.05) is 58.4 Å². The van der Waals surface area contributed by atoms with Crippen LogP contribution in [0.25, 0.3) is 10.4 Å². The Labute approximate surface area is 159 Å². The quantitative estimate of drug-likeness (QED) is 0.551. The van der Waals surface area contributed by atoms with Gasteiger partial charge in [-0.15, -0.1) is 0 Å². The second-order valence-electron chi connectivity index (χ2n) is 5.56. The van der Waals surface area contributed by atoms with E-state index in [1.807, 2.05) is 68.4 Å². The Hall–Kier alpha value is -2.18. The molecule has 0 aliphatic rings. The van der Waals surface area contributed by atoms with Crippen LogP contribution in [0.3, 0.4) is 0 Å². The molecule has 0 radical (unpaired) electrons. The van der Waals surface area contributed by atoms with Gasteiger partial charge in [0.05, 0.1) is 16.3 Å². The minimum Gasteiger partial charge on any atom is -0.441 e. The number of nitrogens with zero attached hydrogens (tertiary/aromatic N) is 1. The summed E-state index contributed by atoms with van der Waals surface area (Å²) in [6, 6.07) is 17.5. The highest BCUT2D eigenvalue weighted by atomic mass is 79.9. The summed E-state index contributed by atoms with van der Waals surface area (Å²) < 4.78 is 10.9. The van der Waals surface area contributed by atoms with Crippen LogP contribution in [-0.2, 0) is 4.74 Å². The van der Waals surface area contributed by atoms with Crippen molar-refractivity contribution in [2.24, 2.45) is 0 Å². The Balaban J connectivity index is 1.75. The van der Waals surface area contributed by atoms with E-state index in [2.05, 4.69) is 25.6 Å². The predicted octanol–water partition coefficient (Wildman–Crippen LogP) is 6.19. The van der Waals surface area contributed by atoms with Crippen molar-refractivity contribution in [3.8, 4) is 10.4 Å². The van der Waals surface area contributed by atoms with E-state index in [9.17, 15) is 4.79 Å². The van der Waals surface area contributed by atoms with E-state index in [4.69, 9.17) is 4.74 Å². The average molecular weight is 417 g/mol. The van der Waals surface area contributed by atoms with Gasteiger partial charge in [0.15, 0.2) is 0 Å². The van der Waals surface area contributed by atoms with E-state index in [0.717, 1.165) is 26.2 Å². The molecule has 1 N–H and O–H groups in total. The Morgan fingerprint density at radius 2 is 1.84 bits per heavy atom. The number of anilines is 1. The lowest BCUT2D eigenvalue weighted by Gasteiger charge is -2.14. The maximum absolute atomic E-state index is 12.3. The van der Waals surface area contributed by atoms with Crippen LogP contribution in [0.5, 0.6) is 0 Å². The maximum atomic E-state index is 12.3. The van der Waals surface area contributed by atoms with Crippen molar-refractivity contribution in [1.29, 1.82) is 0 Å². The SMILES string of the molecule is Cc1nsc(-c2ccc(Br)cc2)c1NC(=O)O[C@H](C)c1ccccc1. The monoisotopic (exact) mass is 416 g/mol. The number of aromatic nitrogens is 1. The smallest absolute Gasteiger partial charge is 0.412 e. The van der Waals surface area contributed by atoms with E-state index in [1.165, 1.54) is 11.5 Å². The van der Waals surface area contributed by atoms with Crippen LogP contribution in [0.15, 0.2) is 59.1 Å². The standard InChI is InChI=1S/C19H17BrN2O2S/c1-12-17(18(25-22-12)15-8-10-16(20)11-9-15)21-19(23)24-13(2)14-6-4-3-5-7-14/h3-11,13H,1-2H3,(H,21,23)/t13-/m1/s1. The summed E-state index contributed by atoms with van der Waals surface area (Å²) in [5, 5.41) is 2.85. The molecule has 0 unspecified atom stereocenters. The molecule has 0 bridgehead atoms. The van der Waals surface area contributed by atoms with Crippen molar-refractivity contribution in [1.82, 2.24) is 4.37 Å². The highest BCUT2D eigenvalue weighted by Crippen LogP contribution is 2.35. The van der Waals surface area contributed by atoms with Crippen LogP contribution >= 0.6 is 27.5 Å². The van der Waals surface area contributed by atoms with Crippen LogP contribution in [0, 0.1) is 6.92 Å². The summed E-state index contributed by atoms with van der Waals surface area (Å²) >= 11 is 4.79. The zero-order valence-electron chi connectivity index (χ0n) is 13.8. The molecule has 3 rings (SSSR count). The number of hydrogen-bond donors (Lipinski definition) is 1. The van der Waals surface area contributed by atoms with Crippen molar-refractivity contribution in [2.45, 2.75) is 20.0 Å². The molecular formula is C19H17BrN2O2S. The third-order valence-electron chi connectivity index (χ3n) is 3.75. The number of rotatable bonds is 4. The number of carbonyl (C=O) groups excluding carboxylic acids is 1. The lowest BCUT2D eigenvalue weighted by molar-refractivity contribution is 0.121. The zero-order valence-corrected chi connectivity index (χ0v) is 16.2. The summed E-state index contributed by atoms with van der Waals surface area (Å²) in [6.45, 7) is 3.72. The molecule has 1 heterocycles.